The van der Waals surface area contributed by atoms with Crippen molar-refractivity contribution in [3.05, 3.63) is 95.6 Å². The Hall–Kier alpha value is -4.24. The molecule has 3 aromatic rings. The third kappa shape index (κ3) is 6.15. The van der Waals surface area contributed by atoms with Gasteiger partial charge in [-0.3, -0.25) is 19.4 Å². The molecule has 2 atom stereocenters. The smallest absolute Gasteiger partial charge is 0.259 e. The summed E-state index contributed by atoms with van der Waals surface area (Å²) in [6, 6.07) is 24.1. The van der Waals surface area contributed by atoms with E-state index in [1.807, 2.05) is 92.7 Å². The Morgan fingerprint density at radius 2 is 1.80 bits per heavy atom. The first-order valence-electron chi connectivity index (χ1n) is 13.4. The molecule has 2 N–H and O–H groups in total. The normalized spacial score (nSPS) is 16.4. The van der Waals surface area contributed by atoms with E-state index in [4.69, 9.17) is 4.99 Å². The van der Waals surface area contributed by atoms with Crippen molar-refractivity contribution in [3.63, 3.8) is 0 Å². The maximum absolute atomic E-state index is 13.6. The number of hydrogen-bond donors (Lipinski definition) is 2. The third-order valence-corrected chi connectivity index (χ3v) is 8.02. The summed E-state index contributed by atoms with van der Waals surface area (Å²) in [4.78, 5) is 50.4. The monoisotopic (exact) mass is 553 g/mol. The van der Waals surface area contributed by atoms with Crippen LogP contribution in [0.5, 0.6) is 0 Å². The standard InChI is InChI=1S/C31H31N5O3S/c1-3-26(29(38)33-22-13-9-10-20(2)18-22)40-31-35-24-15-8-7-14-23(24)28-34-25(30(39)36(28)31)19-27(37)32-17-16-21-11-5-4-6-12-21/h4-15,18,25-26H,3,16-17,19H2,1-2H3,(H,32,37)(H,33,38)/t25-,26-/m0/s1. The molecule has 3 amide bonds. The summed E-state index contributed by atoms with van der Waals surface area (Å²) in [6.45, 7) is 4.37. The number of rotatable bonds is 9. The van der Waals surface area contributed by atoms with Crippen molar-refractivity contribution in [1.29, 1.82) is 0 Å². The zero-order valence-electron chi connectivity index (χ0n) is 22.5. The molecule has 2 aliphatic rings. The fourth-order valence-corrected chi connectivity index (χ4v) is 5.67. The van der Waals surface area contributed by atoms with Gasteiger partial charge in [0.15, 0.2) is 5.17 Å². The summed E-state index contributed by atoms with van der Waals surface area (Å²) >= 11 is 1.24. The molecule has 40 heavy (non-hydrogen) atoms. The zero-order valence-corrected chi connectivity index (χ0v) is 23.3. The highest BCUT2D eigenvalue weighted by molar-refractivity contribution is 8.15. The number of carbonyl (C=O) groups excluding carboxylic acids is 3. The summed E-state index contributed by atoms with van der Waals surface area (Å²) in [5.74, 6) is -0.252. The molecule has 0 saturated heterocycles. The predicted octanol–water partition coefficient (Wildman–Crippen LogP) is 4.85. The van der Waals surface area contributed by atoms with Crippen molar-refractivity contribution in [2.24, 2.45) is 9.98 Å². The fraction of sp³-hybridized carbons (Fsp3) is 0.258. The molecule has 0 aliphatic carbocycles. The Labute approximate surface area is 238 Å². The van der Waals surface area contributed by atoms with Gasteiger partial charge in [0.25, 0.3) is 5.91 Å². The van der Waals surface area contributed by atoms with Gasteiger partial charge in [0, 0.05) is 17.8 Å². The number of para-hydroxylation sites is 1. The summed E-state index contributed by atoms with van der Waals surface area (Å²) in [6.07, 6.45) is 1.18. The van der Waals surface area contributed by atoms with Gasteiger partial charge in [0.05, 0.1) is 17.4 Å². The van der Waals surface area contributed by atoms with E-state index < -0.39 is 11.3 Å². The number of nitrogens with one attached hydrogen (secondary N) is 2. The number of thioether (sulfide) groups is 1. The average Bonchev–Trinajstić information content (AvgIpc) is 3.28. The summed E-state index contributed by atoms with van der Waals surface area (Å²) in [7, 11) is 0. The van der Waals surface area contributed by atoms with Crippen LogP contribution in [0, 0.1) is 6.92 Å². The number of hydrogen-bond acceptors (Lipinski definition) is 6. The number of amides is 3. The quantitative estimate of drug-likeness (QED) is 0.395. The Bertz CT molecular complexity index is 1490. The molecule has 0 saturated carbocycles. The Morgan fingerprint density at radius 3 is 2.58 bits per heavy atom. The Balaban J connectivity index is 1.30. The molecule has 5 rings (SSSR count). The van der Waals surface area contributed by atoms with Crippen LogP contribution in [0.3, 0.4) is 0 Å². The average molecular weight is 554 g/mol. The minimum absolute atomic E-state index is 0.0568. The molecule has 0 radical (unpaired) electrons. The van der Waals surface area contributed by atoms with Crippen LogP contribution in [0.4, 0.5) is 11.4 Å². The summed E-state index contributed by atoms with van der Waals surface area (Å²) in [5.41, 5.74) is 4.30. The fourth-order valence-electron chi connectivity index (χ4n) is 4.65. The highest BCUT2D eigenvalue weighted by Crippen LogP contribution is 2.35. The van der Waals surface area contributed by atoms with Crippen molar-refractivity contribution >= 4 is 51.9 Å². The van der Waals surface area contributed by atoms with Gasteiger partial charge >= 0.3 is 0 Å². The summed E-state index contributed by atoms with van der Waals surface area (Å²) in [5, 5.41) is 5.79. The van der Waals surface area contributed by atoms with E-state index >= 15 is 0 Å². The number of carbonyl (C=O) groups is 3. The molecule has 0 aromatic heterocycles. The van der Waals surface area contributed by atoms with Crippen LogP contribution >= 0.6 is 11.8 Å². The number of aryl methyl sites for hydroxylation is 1. The van der Waals surface area contributed by atoms with Gasteiger partial charge in [-0.25, -0.2) is 9.89 Å². The van der Waals surface area contributed by atoms with Crippen LogP contribution in [0.15, 0.2) is 88.8 Å². The van der Waals surface area contributed by atoms with E-state index in [0.29, 0.717) is 36.1 Å². The number of fused-ring (bicyclic) bond motifs is 3. The first-order chi connectivity index (χ1) is 19.4. The molecule has 0 spiro atoms. The van der Waals surface area contributed by atoms with Crippen LogP contribution in [0.1, 0.15) is 36.5 Å². The Morgan fingerprint density at radius 1 is 1.02 bits per heavy atom. The van der Waals surface area contributed by atoms with E-state index in [1.165, 1.54) is 16.7 Å². The van der Waals surface area contributed by atoms with Gasteiger partial charge in [0.2, 0.25) is 11.8 Å². The van der Waals surface area contributed by atoms with E-state index in [2.05, 4.69) is 15.6 Å². The van der Waals surface area contributed by atoms with Crippen molar-refractivity contribution < 1.29 is 14.4 Å². The molecule has 2 aliphatic heterocycles. The molecule has 0 unspecified atom stereocenters. The first kappa shape index (κ1) is 27.3. The number of aliphatic imine (C=N–C) groups is 2. The second kappa shape index (κ2) is 12.3. The zero-order chi connectivity index (χ0) is 28.1. The lowest BCUT2D eigenvalue weighted by molar-refractivity contribution is -0.128. The second-order valence-electron chi connectivity index (χ2n) is 9.72. The lowest BCUT2D eigenvalue weighted by atomic mass is 10.1. The largest absolute Gasteiger partial charge is 0.356 e. The van der Waals surface area contributed by atoms with E-state index in [0.717, 1.165) is 22.4 Å². The molecule has 204 valence electrons. The third-order valence-electron chi connectivity index (χ3n) is 6.70. The second-order valence-corrected chi connectivity index (χ2v) is 10.9. The molecule has 3 aromatic carbocycles. The number of anilines is 1. The van der Waals surface area contributed by atoms with E-state index in [-0.39, 0.29) is 24.1 Å². The minimum Gasteiger partial charge on any atom is -0.356 e. The van der Waals surface area contributed by atoms with Crippen molar-refractivity contribution in [1.82, 2.24) is 10.2 Å². The highest BCUT2D eigenvalue weighted by Gasteiger charge is 2.43. The predicted molar refractivity (Wildman–Crippen MR) is 160 cm³/mol. The van der Waals surface area contributed by atoms with Gasteiger partial charge in [-0.1, -0.05) is 73.3 Å². The van der Waals surface area contributed by atoms with Crippen LogP contribution in [-0.2, 0) is 20.8 Å². The molecule has 0 bridgehead atoms. The highest BCUT2D eigenvalue weighted by atomic mass is 32.2. The van der Waals surface area contributed by atoms with Gasteiger partial charge in [-0.2, -0.15) is 0 Å². The maximum atomic E-state index is 13.6. The van der Waals surface area contributed by atoms with Gasteiger partial charge in [0.1, 0.15) is 11.9 Å². The van der Waals surface area contributed by atoms with Crippen molar-refractivity contribution in [2.45, 2.75) is 44.4 Å². The number of amidine groups is 2. The maximum Gasteiger partial charge on any atom is 0.259 e. The van der Waals surface area contributed by atoms with Gasteiger partial charge in [-0.15, -0.1) is 0 Å². The summed E-state index contributed by atoms with van der Waals surface area (Å²) < 4.78 is 0. The molecular weight excluding hydrogens is 522 g/mol. The molecule has 2 heterocycles. The van der Waals surface area contributed by atoms with Gasteiger partial charge in [-0.05, 0) is 55.2 Å². The molecule has 9 heteroatoms. The van der Waals surface area contributed by atoms with Crippen LogP contribution in [-0.4, -0.2) is 51.5 Å². The molecular formula is C31H31N5O3S. The van der Waals surface area contributed by atoms with Gasteiger partial charge < -0.3 is 10.6 Å². The van der Waals surface area contributed by atoms with Crippen molar-refractivity contribution in [2.75, 3.05) is 11.9 Å². The number of nitrogens with zero attached hydrogens (tertiary/aromatic N) is 3. The van der Waals surface area contributed by atoms with Crippen LogP contribution < -0.4 is 10.6 Å². The SMILES string of the molecule is CC[C@H](SC1=Nc2ccccc2C2=N[C@@H](CC(=O)NCCc3ccccc3)C(=O)N12)C(=O)Nc1cccc(C)c1. The Kier molecular flexibility index (Phi) is 8.40. The topological polar surface area (TPSA) is 103 Å². The van der Waals surface area contributed by atoms with E-state index in [1.54, 1.807) is 0 Å². The lowest BCUT2D eigenvalue weighted by Crippen LogP contribution is -2.43. The van der Waals surface area contributed by atoms with Crippen molar-refractivity contribution in [3.8, 4) is 0 Å². The number of benzene rings is 3. The van der Waals surface area contributed by atoms with Crippen LogP contribution in [0.2, 0.25) is 0 Å². The first-order valence-corrected chi connectivity index (χ1v) is 14.3. The molecule has 8 nitrogen and oxygen atoms in total. The van der Waals surface area contributed by atoms with E-state index in [9.17, 15) is 14.4 Å². The lowest BCUT2D eigenvalue weighted by Gasteiger charge is -2.27. The minimum atomic E-state index is -0.857. The molecule has 0 fully saturated rings. The van der Waals surface area contributed by atoms with Crippen LogP contribution in [0.25, 0.3) is 0 Å².